The van der Waals surface area contributed by atoms with E-state index >= 15 is 0 Å². The molecule has 94 valence electrons. The second-order valence-electron chi connectivity index (χ2n) is 4.60. The Morgan fingerprint density at radius 1 is 1.71 bits per heavy atom. The Hall–Kier alpha value is -0.940. The molecule has 1 aliphatic heterocycles. The molecule has 0 spiro atoms. The lowest BCUT2D eigenvalue weighted by Crippen LogP contribution is -2.41. The zero-order chi connectivity index (χ0) is 12.3. The first-order valence-electron chi connectivity index (χ1n) is 5.88. The number of carbonyl (C=O) groups is 1. The number of hydrogen-bond acceptors (Lipinski definition) is 5. The lowest BCUT2D eigenvalue weighted by atomic mass is 9.87. The van der Waals surface area contributed by atoms with E-state index in [0.717, 1.165) is 26.1 Å². The van der Waals surface area contributed by atoms with Gasteiger partial charge in [-0.15, -0.1) is 11.3 Å². The number of likely N-dealkylation sites (tertiary alicyclic amines) is 1. The number of carbonyl (C=O) groups excluding carboxylic acids is 1. The van der Waals surface area contributed by atoms with E-state index in [1.54, 1.807) is 11.3 Å². The van der Waals surface area contributed by atoms with Gasteiger partial charge in [-0.2, -0.15) is 0 Å². The molecule has 0 unspecified atom stereocenters. The fourth-order valence-electron chi connectivity index (χ4n) is 2.42. The summed E-state index contributed by atoms with van der Waals surface area (Å²) in [4.78, 5) is 19.3. The molecule has 0 amide bonds. The normalized spacial score (nSPS) is 25.8. The fraction of sp³-hybridized carbons (Fsp3) is 0.667. The minimum absolute atomic E-state index is 0.0602. The molecule has 1 aliphatic rings. The standard InChI is InChI=1S/C12H18N2O2S/c1-9-6-14(7-10-5-13-8-17-10)4-3-11(9)12(15)16-2/h5,8-9,11H,3-4,6-7H2,1-2H3/t9-,11+/m1/s1. The molecular weight excluding hydrogens is 236 g/mol. The summed E-state index contributed by atoms with van der Waals surface area (Å²) in [5, 5.41) is 0. The molecule has 5 heteroatoms. The number of hydrogen-bond donors (Lipinski definition) is 0. The molecule has 2 rings (SSSR count). The molecule has 4 nitrogen and oxygen atoms in total. The van der Waals surface area contributed by atoms with Gasteiger partial charge in [0.15, 0.2) is 0 Å². The minimum atomic E-state index is -0.0602. The minimum Gasteiger partial charge on any atom is -0.469 e. The van der Waals surface area contributed by atoms with Crippen molar-refractivity contribution in [3.05, 3.63) is 16.6 Å². The van der Waals surface area contributed by atoms with Gasteiger partial charge in [-0.25, -0.2) is 0 Å². The van der Waals surface area contributed by atoms with Crippen LogP contribution in [0.25, 0.3) is 0 Å². The van der Waals surface area contributed by atoms with Gasteiger partial charge in [0.1, 0.15) is 0 Å². The summed E-state index contributed by atoms with van der Waals surface area (Å²) < 4.78 is 4.84. The highest BCUT2D eigenvalue weighted by Crippen LogP contribution is 2.25. The second kappa shape index (κ2) is 5.60. The van der Waals surface area contributed by atoms with Crippen molar-refractivity contribution in [3.8, 4) is 0 Å². The van der Waals surface area contributed by atoms with Crippen molar-refractivity contribution in [3.63, 3.8) is 0 Å². The summed E-state index contributed by atoms with van der Waals surface area (Å²) in [7, 11) is 1.47. The van der Waals surface area contributed by atoms with Crippen molar-refractivity contribution in [2.24, 2.45) is 11.8 Å². The van der Waals surface area contributed by atoms with Gasteiger partial charge in [0.05, 0.1) is 18.5 Å². The van der Waals surface area contributed by atoms with Crippen LogP contribution < -0.4 is 0 Å². The highest BCUT2D eigenvalue weighted by atomic mass is 32.1. The van der Waals surface area contributed by atoms with E-state index in [1.165, 1.54) is 12.0 Å². The van der Waals surface area contributed by atoms with Crippen molar-refractivity contribution < 1.29 is 9.53 Å². The molecule has 0 N–H and O–H groups in total. The summed E-state index contributed by atoms with van der Waals surface area (Å²) in [6.45, 7) is 4.99. The third-order valence-corrected chi connectivity index (χ3v) is 4.12. The van der Waals surface area contributed by atoms with Crippen LogP contribution in [0.5, 0.6) is 0 Å². The summed E-state index contributed by atoms with van der Waals surface area (Å²) in [5.74, 6) is 0.372. The highest BCUT2D eigenvalue weighted by molar-refractivity contribution is 7.09. The van der Waals surface area contributed by atoms with Crippen LogP contribution in [0.15, 0.2) is 11.7 Å². The highest BCUT2D eigenvalue weighted by Gasteiger charge is 2.31. The predicted molar refractivity (Wildman–Crippen MR) is 66.7 cm³/mol. The Balaban J connectivity index is 1.88. The van der Waals surface area contributed by atoms with Crippen molar-refractivity contribution in [1.82, 2.24) is 9.88 Å². The fourth-order valence-corrected chi connectivity index (χ4v) is 3.05. The summed E-state index contributed by atoms with van der Waals surface area (Å²) >= 11 is 1.68. The molecule has 1 fully saturated rings. The number of ether oxygens (including phenoxy) is 1. The molecule has 0 radical (unpaired) electrons. The number of methoxy groups -OCH3 is 1. The summed E-state index contributed by atoms with van der Waals surface area (Å²) in [6.07, 6.45) is 2.81. The Kier molecular flexibility index (Phi) is 4.12. The maximum Gasteiger partial charge on any atom is 0.309 e. The van der Waals surface area contributed by atoms with E-state index in [0.29, 0.717) is 5.92 Å². The van der Waals surface area contributed by atoms with Crippen LogP contribution in [0, 0.1) is 11.8 Å². The van der Waals surface area contributed by atoms with Gasteiger partial charge in [0.2, 0.25) is 0 Å². The smallest absolute Gasteiger partial charge is 0.309 e. The van der Waals surface area contributed by atoms with E-state index in [9.17, 15) is 4.79 Å². The van der Waals surface area contributed by atoms with Gasteiger partial charge in [-0.05, 0) is 18.9 Å². The predicted octanol–water partition coefficient (Wildman–Crippen LogP) is 1.77. The third-order valence-electron chi connectivity index (χ3n) is 3.36. The molecule has 2 atom stereocenters. The Morgan fingerprint density at radius 3 is 3.12 bits per heavy atom. The number of piperidine rings is 1. The van der Waals surface area contributed by atoms with Gasteiger partial charge in [-0.1, -0.05) is 6.92 Å². The maximum atomic E-state index is 11.6. The zero-order valence-electron chi connectivity index (χ0n) is 10.3. The molecule has 0 aromatic carbocycles. The van der Waals surface area contributed by atoms with Gasteiger partial charge in [0, 0.05) is 24.2 Å². The van der Waals surface area contributed by atoms with Crippen LogP contribution in [0.1, 0.15) is 18.2 Å². The van der Waals surface area contributed by atoms with Crippen LogP contribution in [0.4, 0.5) is 0 Å². The number of nitrogens with zero attached hydrogens (tertiary/aromatic N) is 2. The first kappa shape index (κ1) is 12.5. The number of esters is 1. The average Bonchev–Trinajstić information content (AvgIpc) is 2.81. The van der Waals surface area contributed by atoms with Gasteiger partial charge >= 0.3 is 5.97 Å². The van der Waals surface area contributed by atoms with E-state index in [1.807, 2.05) is 11.7 Å². The van der Waals surface area contributed by atoms with Crippen LogP contribution in [0.2, 0.25) is 0 Å². The SMILES string of the molecule is COC(=O)[C@H]1CCN(Cc2cncs2)C[C@H]1C. The second-order valence-corrected chi connectivity index (χ2v) is 5.57. The lowest BCUT2D eigenvalue weighted by Gasteiger charge is -2.35. The largest absolute Gasteiger partial charge is 0.469 e. The molecule has 1 saturated heterocycles. The van der Waals surface area contributed by atoms with E-state index < -0.39 is 0 Å². The molecule has 2 heterocycles. The van der Waals surface area contributed by atoms with E-state index in [4.69, 9.17) is 4.74 Å². The molecule has 1 aromatic rings. The zero-order valence-corrected chi connectivity index (χ0v) is 11.1. The quantitative estimate of drug-likeness (QED) is 0.771. The molecular formula is C12H18N2O2S. The van der Waals surface area contributed by atoms with E-state index in [-0.39, 0.29) is 11.9 Å². The molecule has 17 heavy (non-hydrogen) atoms. The lowest BCUT2D eigenvalue weighted by molar-refractivity contribution is -0.149. The van der Waals surface area contributed by atoms with Gasteiger partial charge < -0.3 is 4.74 Å². The van der Waals surface area contributed by atoms with Crippen molar-refractivity contribution in [1.29, 1.82) is 0 Å². The van der Waals surface area contributed by atoms with Crippen molar-refractivity contribution >= 4 is 17.3 Å². The third kappa shape index (κ3) is 3.04. The number of rotatable bonds is 3. The number of aromatic nitrogens is 1. The van der Waals surface area contributed by atoms with Crippen LogP contribution in [-0.2, 0) is 16.1 Å². The molecule has 0 aliphatic carbocycles. The Morgan fingerprint density at radius 2 is 2.53 bits per heavy atom. The van der Waals surface area contributed by atoms with Gasteiger partial charge in [0.25, 0.3) is 0 Å². The van der Waals surface area contributed by atoms with Gasteiger partial charge in [-0.3, -0.25) is 14.7 Å². The monoisotopic (exact) mass is 254 g/mol. The number of thiazole rings is 1. The van der Waals surface area contributed by atoms with Crippen LogP contribution >= 0.6 is 11.3 Å². The molecule has 0 bridgehead atoms. The first-order chi connectivity index (χ1) is 8.20. The summed E-state index contributed by atoms with van der Waals surface area (Å²) in [6, 6.07) is 0. The topological polar surface area (TPSA) is 42.4 Å². The first-order valence-corrected chi connectivity index (χ1v) is 6.76. The van der Waals surface area contributed by atoms with Crippen LogP contribution in [0.3, 0.4) is 0 Å². The van der Waals surface area contributed by atoms with Crippen molar-refractivity contribution in [2.45, 2.75) is 19.9 Å². The molecule has 1 aromatic heterocycles. The molecule has 0 saturated carbocycles. The van der Waals surface area contributed by atoms with E-state index in [2.05, 4.69) is 16.8 Å². The summed E-state index contributed by atoms with van der Waals surface area (Å²) in [5.41, 5.74) is 1.86. The Bertz CT molecular complexity index is 367. The Labute approximate surface area is 106 Å². The van der Waals surface area contributed by atoms with Crippen LogP contribution in [-0.4, -0.2) is 36.1 Å². The average molecular weight is 254 g/mol. The van der Waals surface area contributed by atoms with Crippen molar-refractivity contribution in [2.75, 3.05) is 20.2 Å². The maximum absolute atomic E-state index is 11.6.